The molecule has 6 nitrogen and oxygen atoms in total. The molecule has 0 bridgehead atoms. The normalized spacial score (nSPS) is 17.3. The lowest BCUT2D eigenvalue weighted by Gasteiger charge is -2.29. The van der Waals surface area contributed by atoms with Crippen molar-refractivity contribution in [3.63, 3.8) is 0 Å². The summed E-state index contributed by atoms with van der Waals surface area (Å²) in [5.41, 5.74) is -0.726. The lowest BCUT2D eigenvalue weighted by atomic mass is 9.90. The monoisotopic (exact) mass is 287 g/mol. The molecule has 6 heteroatoms. The Morgan fingerprint density at radius 3 is 2.38 bits per heavy atom. The fourth-order valence-electron chi connectivity index (χ4n) is 2.60. The Morgan fingerprint density at radius 1 is 1.24 bits per heavy atom. The number of carbonyl (C=O) groups excluding carboxylic acids is 1. The molecule has 1 aliphatic carbocycles. The maximum Gasteiger partial charge on any atom is 0.329 e. The highest BCUT2D eigenvalue weighted by atomic mass is 16.4. The molecule has 1 heterocycles. The van der Waals surface area contributed by atoms with E-state index < -0.39 is 17.4 Å². The minimum atomic E-state index is -1.21. The van der Waals surface area contributed by atoms with Crippen LogP contribution < -0.4 is 5.32 Å². The summed E-state index contributed by atoms with van der Waals surface area (Å²) < 4.78 is 0. The van der Waals surface area contributed by atoms with E-state index in [1.807, 2.05) is 6.07 Å². The lowest BCUT2D eigenvalue weighted by molar-refractivity contribution is -0.145. The first kappa shape index (κ1) is 15.0. The van der Waals surface area contributed by atoms with Crippen LogP contribution in [0.3, 0.4) is 0 Å². The molecule has 1 saturated carbocycles. The van der Waals surface area contributed by atoms with Crippen molar-refractivity contribution in [2.24, 2.45) is 0 Å². The van der Waals surface area contributed by atoms with Crippen molar-refractivity contribution >= 4 is 11.9 Å². The van der Waals surface area contributed by atoms with Crippen LogP contribution in [0.15, 0.2) is 18.3 Å². The standard InChI is InChI=1S/C15H17N3O3/c16-9-11-5-6-12(17-10-11)13(19)18-15(14(20)21)7-3-1-2-4-8-15/h5-6,10H,1-4,7-8H2,(H,18,19)(H,20,21). The van der Waals surface area contributed by atoms with Gasteiger partial charge in [0.2, 0.25) is 0 Å². The van der Waals surface area contributed by atoms with Crippen molar-refractivity contribution in [1.82, 2.24) is 10.3 Å². The highest BCUT2D eigenvalue weighted by Gasteiger charge is 2.40. The van der Waals surface area contributed by atoms with E-state index in [1.165, 1.54) is 18.3 Å². The molecular weight excluding hydrogens is 270 g/mol. The molecule has 110 valence electrons. The molecule has 0 aliphatic heterocycles. The van der Waals surface area contributed by atoms with E-state index >= 15 is 0 Å². The molecule has 0 saturated heterocycles. The molecular formula is C15H17N3O3. The second kappa shape index (κ2) is 6.35. The Kier molecular flexibility index (Phi) is 4.53. The second-order valence-electron chi connectivity index (χ2n) is 5.30. The van der Waals surface area contributed by atoms with Crippen LogP contribution in [0.2, 0.25) is 0 Å². The summed E-state index contributed by atoms with van der Waals surface area (Å²) in [6.07, 6.45) is 5.71. The van der Waals surface area contributed by atoms with E-state index in [9.17, 15) is 14.7 Å². The minimum absolute atomic E-state index is 0.124. The van der Waals surface area contributed by atoms with Crippen molar-refractivity contribution in [1.29, 1.82) is 5.26 Å². The summed E-state index contributed by atoms with van der Waals surface area (Å²) in [6, 6.07) is 4.84. The largest absolute Gasteiger partial charge is 0.480 e. The molecule has 0 radical (unpaired) electrons. The average molecular weight is 287 g/mol. The quantitative estimate of drug-likeness (QED) is 0.826. The number of nitriles is 1. The van der Waals surface area contributed by atoms with Crippen LogP contribution in [0.1, 0.15) is 54.6 Å². The third-order valence-corrected chi connectivity index (χ3v) is 3.84. The molecule has 0 unspecified atom stereocenters. The molecule has 1 amide bonds. The van der Waals surface area contributed by atoms with Crippen molar-refractivity contribution in [3.05, 3.63) is 29.6 Å². The van der Waals surface area contributed by atoms with Gasteiger partial charge in [0.1, 0.15) is 17.3 Å². The first-order valence-electron chi connectivity index (χ1n) is 6.99. The number of carbonyl (C=O) groups is 2. The summed E-state index contributed by atoms with van der Waals surface area (Å²) in [4.78, 5) is 27.7. The van der Waals surface area contributed by atoms with Crippen LogP contribution >= 0.6 is 0 Å². The molecule has 1 fully saturated rings. The lowest BCUT2D eigenvalue weighted by Crippen LogP contribution is -2.54. The van der Waals surface area contributed by atoms with E-state index in [2.05, 4.69) is 10.3 Å². The molecule has 1 aromatic rings. The zero-order chi connectivity index (χ0) is 15.3. The number of hydrogen-bond acceptors (Lipinski definition) is 4. The van der Waals surface area contributed by atoms with Gasteiger partial charge in [-0.2, -0.15) is 5.26 Å². The van der Waals surface area contributed by atoms with Gasteiger partial charge in [0.05, 0.1) is 5.56 Å². The molecule has 0 spiro atoms. The maximum absolute atomic E-state index is 12.2. The first-order chi connectivity index (χ1) is 10.1. The van der Waals surface area contributed by atoms with E-state index in [0.717, 1.165) is 25.7 Å². The Hall–Kier alpha value is -2.42. The summed E-state index contributed by atoms with van der Waals surface area (Å²) in [5.74, 6) is -1.50. The fraction of sp³-hybridized carbons (Fsp3) is 0.467. The molecule has 0 atom stereocenters. The number of amides is 1. The van der Waals surface area contributed by atoms with Gasteiger partial charge < -0.3 is 10.4 Å². The number of nitrogens with one attached hydrogen (secondary N) is 1. The summed E-state index contributed by atoms with van der Waals surface area (Å²) in [7, 11) is 0. The number of pyridine rings is 1. The molecule has 0 aromatic carbocycles. The second-order valence-corrected chi connectivity index (χ2v) is 5.30. The van der Waals surface area contributed by atoms with Gasteiger partial charge in [-0.05, 0) is 25.0 Å². The number of hydrogen-bond donors (Lipinski definition) is 2. The van der Waals surface area contributed by atoms with E-state index in [0.29, 0.717) is 18.4 Å². The zero-order valence-electron chi connectivity index (χ0n) is 11.6. The van der Waals surface area contributed by atoms with Crippen LogP contribution in [-0.2, 0) is 4.79 Å². The van der Waals surface area contributed by atoms with Gasteiger partial charge in [-0.1, -0.05) is 25.7 Å². The smallest absolute Gasteiger partial charge is 0.329 e. The number of nitrogens with zero attached hydrogens (tertiary/aromatic N) is 2. The number of carboxylic acid groups (broad SMARTS) is 1. The predicted molar refractivity (Wildman–Crippen MR) is 74.5 cm³/mol. The van der Waals surface area contributed by atoms with E-state index in [-0.39, 0.29) is 5.69 Å². The van der Waals surface area contributed by atoms with Gasteiger partial charge >= 0.3 is 5.97 Å². The van der Waals surface area contributed by atoms with Crippen molar-refractivity contribution in [2.75, 3.05) is 0 Å². The molecule has 1 aromatic heterocycles. The Labute approximate surface area is 122 Å². The molecule has 2 rings (SSSR count). The van der Waals surface area contributed by atoms with Crippen molar-refractivity contribution in [2.45, 2.75) is 44.1 Å². The van der Waals surface area contributed by atoms with Crippen LogP contribution in [0.25, 0.3) is 0 Å². The summed E-state index contributed by atoms with van der Waals surface area (Å²) >= 11 is 0. The van der Waals surface area contributed by atoms with Crippen molar-refractivity contribution < 1.29 is 14.7 Å². The Morgan fingerprint density at radius 2 is 1.90 bits per heavy atom. The minimum Gasteiger partial charge on any atom is -0.480 e. The molecule has 1 aliphatic rings. The first-order valence-corrected chi connectivity index (χ1v) is 6.99. The third kappa shape index (κ3) is 3.37. The van der Waals surface area contributed by atoms with Gasteiger partial charge in [0.25, 0.3) is 5.91 Å². The Bertz CT molecular complexity index is 567. The van der Waals surface area contributed by atoms with Crippen LogP contribution in [0, 0.1) is 11.3 Å². The highest BCUT2D eigenvalue weighted by Crippen LogP contribution is 2.27. The van der Waals surface area contributed by atoms with E-state index in [1.54, 1.807) is 0 Å². The van der Waals surface area contributed by atoms with Crippen LogP contribution in [-0.4, -0.2) is 27.5 Å². The molecule has 2 N–H and O–H groups in total. The van der Waals surface area contributed by atoms with Crippen LogP contribution in [0.5, 0.6) is 0 Å². The predicted octanol–water partition coefficient (Wildman–Crippen LogP) is 1.86. The molecule has 21 heavy (non-hydrogen) atoms. The number of carboxylic acids is 1. The SMILES string of the molecule is N#Cc1ccc(C(=O)NC2(C(=O)O)CCCCCC2)nc1. The van der Waals surface area contributed by atoms with Crippen LogP contribution in [0.4, 0.5) is 0 Å². The van der Waals surface area contributed by atoms with E-state index in [4.69, 9.17) is 5.26 Å². The highest BCUT2D eigenvalue weighted by molar-refractivity contribution is 5.96. The number of aromatic nitrogens is 1. The topological polar surface area (TPSA) is 103 Å². The van der Waals surface area contributed by atoms with Gasteiger partial charge in [-0.15, -0.1) is 0 Å². The fourth-order valence-corrected chi connectivity index (χ4v) is 2.60. The third-order valence-electron chi connectivity index (χ3n) is 3.84. The number of aliphatic carboxylic acids is 1. The average Bonchev–Trinajstić information content (AvgIpc) is 2.74. The summed E-state index contributed by atoms with van der Waals surface area (Å²) in [6.45, 7) is 0. The zero-order valence-corrected chi connectivity index (χ0v) is 11.6. The Balaban J connectivity index is 2.17. The van der Waals surface area contributed by atoms with Gasteiger partial charge in [-0.3, -0.25) is 4.79 Å². The maximum atomic E-state index is 12.2. The number of rotatable bonds is 3. The summed E-state index contributed by atoms with van der Waals surface area (Å²) in [5, 5.41) is 20.9. The van der Waals surface area contributed by atoms with Gasteiger partial charge in [0.15, 0.2) is 0 Å². The van der Waals surface area contributed by atoms with Gasteiger partial charge in [0, 0.05) is 6.20 Å². The van der Waals surface area contributed by atoms with Crippen molar-refractivity contribution in [3.8, 4) is 6.07 Å². The van der Waals surface area contributed by atoms with Gasteiger partial charge in [-0.25, -0.2) is 9.78 Å².